The van der Waals surface area contributed by atoms with E-state index in [1.807, 2.05) is 0 Å². The highest BCUT2D eigenvalue weighted by atomic mass is 19.1. The maximum absolute atomic E-state index is 13.6. The summed E-state index contributed by atoms with van der Waals surface area (Å²) in [7, 11) is 1.09. The summed E-state index contributed by atoms with van der Waals surface area (Å²) in [6.07, 6.45) is 1.12. The summed E-state index contributed by atoms with van der Waals surface area (Å²) in [4.78, 5) is 21.5. The monoisotopic (exact) mass is 286 g/mol. The van der Waals surface area contributed by atoms with Crippen molar-refractivity contribution in [3.63, 3.8) is 0 Å². The van der Waals surface area contributed by atoms with Crippen molar-refractivity contribution in [1.82, 2.24) is 0 Å². The van der Waals surface area contributed by atoms with Gasteiger partial charge >= 0.3 is 5.97 Å². The van der Waals surface area contributed by atoms with Crippen molar-refractivity contribution in [2.75, 3.05) is 25.6 Å². The van der Waals surface area contributed by atoms with E-state index >= 15 is 0 Å². The molecule has 0 atom stereocenters. The first kappa shape index (κ1) is 15.8. The van der Waals surface area contributed by atoms with Gasteiger partial charge in [0.25, 0.3) is 5.69 Å². The van der Waals surface area contributed by atoms with Crippen LogP contribution in [0, 0.1) is 15.9 Å². The van der Waals surface area contributed by atoms with Gasteiger partial charge in [0.05, 0.1) is 23.7 Å². The average molecular weight is 286 g/mol. The Morgan fingerprint density at radius 3 is 2.75 bits per heavy atom. The fraction of sp³-hybridized carbons (Fsp3) is 0.417. The van der Waals surface area contributed by atoms with Gasteiger partial charge in [-0.3, -0.25) is 10.1 Å². The number of ether oxygens (including phenoxy) is 1. The molecular weight excluding hydrogens is 271 g/mol. The first-order valence-corrected chi connectivity index (χ1v) is 5.92. The maximum Gasteiger partial charge on any atom is 0.340 e. The molecule has 0 radical (unpaired) electrons. The van der Waals surface area contributed by atoms with Crippen molar-refractivity contribution in [3.05, 3.63) is 33.6 Å². The molecule has 0 saturated carbocycles. The Bertz CT molecular complexity index is 507. The Morgan fingerprint density at radius 2 is 2.20 bits per heavy atom. The normalized spacial score (nSPS) is 10.2. The van der Waals surface area contributed by atoms with Crippen LogP contribution in [0.3, 0.4) is 0 Å². The van der Waals surface area contributed by atoms with Crippen LogP contribution in [0.1, 0.15) is 23.2 Å². The number of aliphatic hydroxyl groups excluding tert-OH is 1. The molecule has 2 N–H and O–H groups in total. The van der Waals surface area contributed by atoms with Crippen LogP contribution in [0.25, 0.3) is 0 Å². The number of carbonyl (C=O) groups is 1. The number of nitrogens with zero attached hydrogens (tertiary/aromatic N) is 1. The third-order valence-electron chi connectivity index (χ3n) is 2.59. The van der Waals surface area contributed by atoms with E-state index in [2.05, 4.69) is 10.1 Å². The topological polar surface area (TPSA) is 102 Å². The predicted molar refractivity (Wildman–Crippen MR) is 69.2 cm³/mol. The quantitative estimate of drug-likeness (QED) is 0.342. The van der Waals surface area contributed by atoms with Gasteiger partial charge in [0.1, 0.15) is 11.5 Å². The molecule has 20 heavy (non-hydrogen) atoms. The van der Waals surface area contributed by atoms with Crippen molar-refractivity contribution in [2.45, 2.75) is 12.8 Å². The number of nitrogens with one attached hydrogen (secondary N) is 1. The van der Waals surface area contributed by atoms with E-state index < -0.39 is 22.4 Å². The molecule has 0 heterocycles. The fourth-order valence-electron chi connectivity index (χ4n) is 1.58. The zero-order valence-corrected chi connectivity index (χ0v) is 10.9. The number of hydrogen-bond acceptors (Lipinski definition) is 6. The van der Waals surface area contributed by atoms with Gasteiger partial charge in [-0.2, -0.15) is 0 Å². The van der Waals surface area contributed by atoms with E-state index in [9.17, 15) is 19.3 Å². The summed E-state index contributed by atoms with van der Waals surface area (Å²) in [6, 6.07) is 1.73. The van der Waals surface area contributed by atoms with E-state index in [4.69, 9.17) is 5.11 Å². The van der Waals surface area contributed by atoms with Gasteiger partial charge in [-0.1, -0.05) is 0 Å². The molecule has 1 rings (SSSR count). The molecule has 8 heteroatoms. The lowest BCUT2D eigenvalue weighted by Gasteiger charge is -2.09. The molecule has 110 valence electrons. The van der Waals surface area contributed by atoms with Crippen molar-refractivity contribution in [2.24, 2.45) is 0 Å². The van der Waals surface area contributed by atoms with Crippen molar-refractivity contribution < 1.29 is 24.0 Å². The third-order valence-corrected chi connectivity index (χ3v) is 2.59. The zero-order chi connectivity index (χ0) is 15.1. The minimum atomic E-state index is -1.01. The van der Waals surface area contributed by atoms with Gasteiger partial charge in [-0.25, -0.2) is 9.18 Å². The molecule has 0 amide bonds. The standard InChI is InChI=1S/C12H15FN2O5/c1-20-12(17)8-6-10(14-4-2-3-5-16)11(15(18)19)7-9(8)13/h6-7,14,16H,2-5H2,1H3. The number of nitro groups is 1. The SMILES string of the molecule is COC(=O)c1cc(NCCCCO)c([N+](=O)[O-])cc1F. The number of unbranched alkanes of at least 4 members (excludes halogenated alkanes) is 1. The van der Waals surface area contributed by atoms with Crippen LogP contribution < -0.4 is 5.32 Å². The summed E-state index contributed by atoms with van der Waals surface area (Å²) < 4.78 is 18.0. The second kappa shape index (κ2) is 7.39. The lowest BCUT2D eigenvalue weighted by molar-refractivity contribution is -0.384. The molecule has 7 nitrogen and oxygen atoms in total. The zero-order valence-electron chi connectivity index (χ0n) is 10.9. The summed E-state index contributed by atoms with van der Waals surface area (Å²) in [5, 5.41) is 22.2. The predicted octanol–water partition coefficient (Wildman–Crippen LogP) is 1.70. The first-order chi connectivity index (χ1) is 9.51. The van der Waals surface area contributed by atoms with E-state index in [1.165, 1.54) is 0 Å². The van der Waals surface area contributed by atoms with E-state index in [1.54, 1.807) is 0 Å². The third kappa shape index (κ3) is 3.89. The fourth-order valence-corrected chi connectivity index (χ4v) is 1.58. The van der Waals surface area contributed by atoms with Crippen LogP contribution in [0.2, 0.25) is 0 Å². The Kier molecular flexibility index (Phi) is 5.85. The minimum Gasteiger partial charge on any atom is -0.465 e. The average Bonchev–Trinajstić information content (AvgIpc) is 2.43. The smallest absolute Gasteiger partial charge is 0.340 e. The summed E-state index contributed by atoms with van der Waals surface area (Å²) in [5.41, 5.74) is -0.795. The molecule has 0 aliphatic rings. The number of benzene rings is 1. The van der Waals surface area contributed by atoms with Crippen LogP contribution in [0.15, 0.2) is 12.1 Å². The van der Waals surface area contributed by atoms with Gasteiger partial charge in [-0.15, -0.1) is 0 Å². The van der Waals surface area contributed by atoms with E-state index in [0.29, 0.717) is 25.5 Å². The van der Waals surface area contributed by atoms with Gasteiger partial charge in [0.15, 0.2) is 0 Å². The Hall–Kier alpha value is -2.22. The number of rotatable bonds is 7. The van der Waals surface area contributed by atoms with E-state index in [0.717, 1.165) is 13.2 Å². The number of methoxy groups -OCH3 is 1. The molecular formula is C12H15FN2O5. The number of anilines is 1. The molecule has 0 bridgehead atoms. The minimum absolute atomic E-state index is 0.0145. The molecule has 0 aromatic heterocycles. The number of esters is 1. The molecule has 0 fully saturated rings. The highest BCUT2D eigenvalue weighted by Crippen LogP contribution is 2.28. The van der Waals surface area contributed by atoms with Crippen LogP contribution in [0.4, 0.5) is 15.8 Å². The molecule has 0 unspecified atom stereocenters. The van der Waals surface area contributed by atoms with Crippen LogP contribution >= 0.6 is 0 Å². The van der Waals surface area contributed by atoms with Crippen LogP contribution in [-0.2, 0) is 4.74 Å². The Morgan fingerprint density at radius 1 is 1.50 bits per heavy atom. The molecule has 0 saturated heterocycles. The van der Waals surface area contributed by atoms with E-state index in [-0.39, 0.29) is 17.9 Å². The Balaban J connectivity index is 3.04. The molecule has 1 aromatic carbocycles. The van der Waals surface area contributed by atoms with Crippen LogP contribution in [0.5, 0.6) is 0 Å². The lowest BCUT2D eigenvalue weighted by atomic mass is 10.1. The van der Waals surface area contributed by atoms with Gasteiger partial charge in [0.2, 0.25) is 0 Å². The number of aliphatic hydroxyl groups is 1. The maximum atomic E-state index is 13.6. The van der Waals surface area contributed by atoms with Gasteiger partial charge < -0.3 is 15.2 Å². The van der Waals surface area contributed by atoms with Gasteiger partial charge in [0, 0.05) is 13.2 Å². The van der Waals surface area contributed by atoms with Gasteiger partial charge in [-0.05, 0) is 18.9 Å². The number of hydrogen-bond donors (Lipinski definition) is 2. The number of nitro benzene ring substituents is 1. The molecule has 0 aliphatic heterocycles. The number of halogens is 1. The largest absolute Gasteiger partial charge is 0.465 e. The van der Waals surface area contributed by atoms with Crippen molar-refractivity contribution in [3.8, 4) is 0 Å². The first-order valence-electron chi connectivity index (χ1n) is 5.92. The highest BCUT2D eigenvalue weighted by molar-refractivity contribution is 5.91. The summed E-state index contributed by atoms with van der Waals surface area (Å²) in [6.45, 7) is 0.369. The second-order valence-electron chi connectivity index (χ2n) is 3.96. The second-order valence-corrected chi connectivity index (χ2v) is 3.96. The van der Waals surface area contributed by atoms with Crippen molar-refractivity contribution >= 4 is 17.3 Å². The van der Waals surface area contributed by atoms with Crippen LogP contribution in [-0.4, -0.2) is 36.3 Å². The lowest BCUT2D eigenvalue weighted by Crippen LogP contribution is -2.10. The molecule has 0 spiro atoms. The molecule has 1 aromatic rings. The number of carbonyl (C=O) groups excluding carboxylic acids is 1. The Labute approximate surface area is 114 Å². The highest BCUT2D eigenvalue weighted by Gasteiger charge is 2.22. The van der Waals surface area contributed by atoms with Crippen molar-refractivity contribution in [1.29, 1.82) is 0 Å². The summed E-state index contributed by atoms with van der Waals surface area (Å²) >= 11 is 0. The molecule has 0 aliphatic carbocycles. The summed E-state index contributed by atoms with van der Waals surface area (Å²) in [5.74, 6) is -1.92.